The summed E-state index contributed by atoms with van der Waals surface area (Å²) in [6, 6.07) is 0. The first-order valence-electron chi connectivity index (χ1n) is 3.17. The van der Waals surface area contributed by atoms with Gasteiger partial charge in [-0.3, -0.25) is 0 Å². The topological polar surface area (TPSA) is 14.0 Å². The highest BCUT2D eigenvalue weighted by atomic mass is 14.7. The Bertz CT molecular complexity index is 152. The first-order chi connectivity index (χ1) is 3.91. The van der Waals surface area contributed by atoms with Crippen molar-refractivity contribution in [1.82, 2.24) is 0 Å². The summed E-state index contributed by atoms with van der Waals surface area (Å²) in [7, 11) is 0. The van der Waals surface area contributed by atoms with E-state index < -0.39 is 0 Å². The lowest BCUT2D eigenvalue weighted by Gasteiger charge is -2.02. The first kappa shape index (κ1) is 4.30. The van der Waals surface area contributed by atoms with Crippen LogP contribution in [-0.2, 0) is 0 Å². The van der Waals surface area contributed by atoms with Crippen molar-refractivity contribution in [3.05, 3.63) is 12.3 Å². The first-order valence-corrected chi connectivity index (χ1v) is 3.17. The number of allylic oxidation sites excluding steroid dienone is 1. The molecule has 0 radical (unpaired) electrons. The second-order valence-electron chi connectivity index (χ2n) is 2.77. The fourth-order valence-corrected chi connectivity index (χ4v) is 1.15. The van der Waals surface area contributed by atoms with Crippen molar-refractivity contribution in [1.29, 1.82) is 0 Å². The Morgan fingerprint density at radius 1 is 1.38 bits per heavy atom. The van der Waals surface area contributed by atoms with Crippen LogP contribution >= 0.6 is 0 Å². The van der Waals surface area contributed by atoms with Gasteiger partial charge < -0.3 is 0 Å². The molecular weight excluding hydrogens is 98.1 g/mol. The van der Waals surface area contributed by atoms with Crippen molar-refractivity contribution in [2.45, 2.75) is 19.3 Å². The Labute approximate surface area is 49.1 Å². The van der Waals surface area contributed by atoms with E-state index in [1.165, 1.54) is 19.3 Å². The van der Waals surface area contributed by atoms with Crippen LogP contribution in [0.2, 0.25) is 0 Å². The zero-order chi connectivity index (χ0) is 5.45. The molecule has 1 aliphatic carbocycles. The minimum Gasteiger partial charge on any atom is -0.222 e. The molecule has 0 amide bonds. The van der Waals surface area contributed by atoms with Gasteiger partial charge in [0.15, 0.2) is 6.20 Å². The second-order valence-corrected chi connectivity index (χ2v) is 2.77. The van der Waals surface area contributed by atoms with Crippen LogP contribution in [0, 0.1) is 5.41 Å². The fraction of sp³-hybridized carbons (Fsp3) is 0.571. The van der Waals surface area contributed by atoms with Crippen LogP contribution in [0.15, 0.2) is 12.3 Å². The molecule has 1 nitrogen and oxygen atoms in total. The molecule has 0 aromatic heterocycles. The molecule has 0 bridgehead atoms. The van der Waals surface area contributed by atoms with Gasteiger partial charge in [-0.15, -0.1) is 0 Å². The van der Waals surface area contributed by atoms with Gasteiger partial charge in [-0.25, -0.2) is 4.99 Å². The van der Waals surface area contributed by atoms with E-state index in [0.29, 0.717) is 5.41 Å². The van der Waals surface area contributed by atoms with Crippen LogP contribution in [0.5, 0.6) is 0 Å². The summed E-state index contributed by atoms with van der Waals surface area (Å²) in [5.74, 6) is 0. The molecule has 1 saturated carbocycles. The van der Waals surface area contributed by atoms with Crippen molar-refractivity contribution in [3.63, 3.8) is 0 Å². The summed E-state index contributed by atoms with van der Waals surface area (Å²) in [6.07, 6.45) is 10.5. The van der Waals surface area contributed by atoms with Gasteiger partial charge >= 0.3 is 0 Å². The number of hydrogen-bond acceptors (Lipinski definition) is 0. The number of hydrogen-bond donors (Lipinski definition) is 1. The van der Waals surface area contributed by atoms with E-state index in [0.717, 1.165) is 0 Å². The van der Waals surface area contributed by atoms with Crippen molar-refractivity contribution < 1.29 is 4.99 Å². The van der Waals surface area contributed by atoms with E-state index in [1.54, 1.807) is 0 Å². The van der Waals surface area contributed by atoms with Crippen molar-refractivity contribution in [2.24, 2.45) is 5.41 Å². The molecule has 0 aromatic rings. The molecule has 1 fully saturated rings. The average Bonchev–Trinajstić information content (AvgIpc) is 2.52. The minimum atomic E-state index is 0.630. The van der Waals surface area contributed by atoms with E-state index in [1.807, 2.05) is 0 Å². The zero-order valence-electron chi connectivity index (χ0n) is 4.85. The van der Waals surface area contributed by atoms with E-state index >= 15 is 0 Å². The van der Waals surface area contributed by atoms with Gasteiger partial charge in [-0.1, -0.05) is 0 Å². The lowest BCUT2D eigenvalue weighted by Crippen LogP contribution is -2.63. The maximum absolute atomic E-state index is 3.07. The lowest BCUT2D eigenvalue weighted by atomic mass is 10.0. The Kier molecular flexibility index (Phi) is 0.655. The average molecular weight is 108 g/mol. The summed E-state index contributed by atoms with van der Waals surface area (Å²) in [4.78, 5) is 3.07. The molecule has 1 spiro atoms. The molecule has 2 rings (SSSR count). The smallest absolute Gasteiger partial charge is 0.163 e. The molecule has 42 valence electrons. The monoisotopic (exact) mass is 108 g/mol. The molecule has 1 heterocycles. The number of rotatable bonds is 0. The van der Waals surface area contributed by atoms with Gasteiger partial charge in [0, 0.05) is 11.8 Å². The maximum Gasteiger partial charge on any atom is 0.163 e. The molecule has 1 N–H and O–H groups in total. The van der Waals surface area contributed by atoms with Crippen LogP contribution in [-0.4, -0.2) is 6.21 Å². The second kappa shape index (κ2) is 1.22. The predicted molar refractivity (Wildman–Crippen MR) is 32.5 cm³/mol. The third-order valence-corrected chi connectivity index (χ3v) is 2.05. The summed E-state index contributed by atoms with van der Waals surface area (Å²) in [6.45, 7) is 0. The lowest BCUT2D eigenvalue weighted by molar-refractivity contribution is -0.371. The molecule has 8 heavy (non-hydrogen) atoms. The van der Waals surface area contributed by atoms with Crippen molar-refractivity contribution in [3.8, 4) is 0 Å². The van der Waals surface area contributed by atoms with Gasteiger partial charge in [0.05, 0.1) is 0 Å². The van der Waals surface area contributed by atoms with Gasteiger partial charge in [-0.05, 0) is 18.9 Å². The highest BCUT2D eigenvalue weighted by molar-refractivity contribution is 5.54. The largest absolute Gasteiger partial charge is 0.222 e. The third kappa shape index (κ3) is 0.507. The molecule has 0 aromatic carbocycles. The quantitative estimate of drug-likeness (QED) is 0.443. The van der Waals surface area contributed by atoms with E-state index in [9.17, 15) is 0 Å². The summed E-state index contributed by atoms with van der Waals surface area (Å²) >= 11 is 0. The highest BCUT2D eigenvalue weighted by Crippen LogP contribution is 2.49. The summed E-state index contributed by atoms with van der Waals surface area (Å²) < 4.78 is 0. The molecule has 0 unspecified atom stereocenters. The third-order valence-electron chi connectivity index (χ3n) is 2.05. The molecule has 0 saturated heterocycles. The Hall–Kier alpha value is -0.590. The van der Waals surface area contributed by atoms with Crippen LogP contribution in [0.1, 0.15) is 19.3 Å². The fourth-order valence-electron chi connectivity index (χ4n) is 1.15. The Morgan fingerprint density at radius 3 is 2.62 bits per heavy atom. The van der Waals surface area contributed by atoms with Crippen LogP contribution in [0.4, 0.5) is 0 Å². The van der Waals surface area contributed by atoms with Crippen molar-refractivity contribution >= 4 is 6.21 Å². The molecular formula is C7H10N+. The van der Waals surface area contributed by atoms with Gasteiger partial charge in [-0.2, -0.15) is 0 Å². The number of nitrogens with one attached hydrogen (secondary N) is 1. The normalized spacial score (nSPS) is 29.0. The van der Waals surface area contributed by atoms with Crippen LogP contribution in [0.3, 0.4) is 0 Å². The Morgan fingerprint density at radius 2 is 2.25 bits per heavy atom. The molecule has 1 heteroatoms. The molecule has 0 atom stereocenters. The predicted octanol–water partition coefficient (Wildman–Crippen LogP) is -0.165. The van der Waals surface area contributed by atoms with Gasteiger partial charge in [0.1, 0.15) is 6.21 Å². The van der Waals surface area contributed by atoms with Gasteiger partial charge in [0.2, 0.25) is 0 Å². The maximum atomic E-state index is 3.07. The van der Waals surface area contributed by atoms with Crippen molar-refractivity contribution in [2.75, 3.05) is 0 Å². The Balaban J connectivity index is 2.20. The zero-order valence-corrected chi connectivity index (χ0v) is 4.85. The molecule has 2 aliphatic rings. The summed E-state index contributed by atoms with van der Waals surface area (Å²) in [5, 5.41) is 0. The summed E-state index contributed by atoms with van der Waals surface area (Å²) in [5.41, 5.74) is 0.630. The van der Waals surface area contributed by atoms with Crippen LogP contribution in [0.25, 0.3) is 0 Å². The standard InChI is InChI=1S/C7H9N/c1-2-7(1)3-5-8-6-4-7/h3,5-6H,1-2,4H2/p+1. The minimum absolute atomic E-state index is 0.630. The van der Waals surface area contributed by atoms with E-state index in [-0.39, 0.29) is 0 Å². The van der Waals surface area contributed by atoms with E-state index in [4.69, 9.17) is 0 Å². The van der Waals surface area contributed by atoms with Crippen LogP contribution < -0.4 is 4.99 Å². The SMILES string of the molecule is C1=CC2(CC=[NH+]1)CC2. The highest BCUT2D eigenvalue weighted by Gasteiger charge is 2.41. The molecule has 1 aliphatic heterocycles. The van der Waals surface area contributed by atoms with E-state index in [2.05, 4.69) is 23.5 Å². The van der Waals surface area contributed by atoms with Gasteiger partial charge in [0.25, 0.3) is 0 Å².